The first-order valence-corrected chi connectivity index (χ1v) is 5.91. The number of nitrogens with zero attached hydrogens (tertiary/aromatic N) is 1. The van der Waals surface area contributed by atoms with Crippen molar-refractivity contribution in [2.45, 2.75) is 19.4 Å². The number of carbonyl (C=O) groups is 1. The minimum Gasteiger partial charge on any atom is -0.340 e. The van der Waals surface area contributed by atoms with Gasteiger partial charge in [-0.1, -0.05) is 6.07 Å². The number of fused-ring (bicyclic) bond motifs is 1. The molecule has 0 radical (unpaired) electrons. The number of aromatic nitrogens is 1. The molecule has 2 aliphatic carbocycles. The Bertz CT molecular complexity index is 596. The molecule has 86 valence electrons. The number of benzene rings is 1. The predicted octanol–water partition coefficient (Wildman–Crippen LogP) is 2.05. The van der Waals surface area contributed by atoms with Gasteiger partial charge in [-0.3, -0.25) is 4.79 Å². The zero-order chi connectivity index (χ0) is 11.8. The standard InChI is InChI=1S/C14H14N2O/c15-12-4-1-5-13-11(12)3-2-8-16(13)9-14(17)10-6-7-10/h1-5,8,10,15H,6-7,9H2. The Hall–Kier alpha value is -1.90. The van der Waals surface area contributed by atoms with E-state index in [4.69, 9.17) is 5.41 Å². The van der Waals surface area contributed by atoms with E-state index < -0.39 is 0 Å². The molecule has 17 heavy (non-hydrogen) atoms. The van der Waals surface area contributed by atoms with Gasteiger partial charge in [0.25, 0.3) is 0 Å². The Kier molecular flexibility index (Phi) is 2.32. The van der Waals surface area contributed by atoms with Gasteiger partial charge in [0.1, 0.15) is 0 Å². The maximum atomic E-state index is 11.8. The third-order valence-electron chi connectivity index (χ3n) is 3.28. The molecule has 0 saturated heterocycles. The highest BCUT2D eigenvalue weighted by Gasteiger charge is 2.29. The summed E-state index contributed by atoms with van der Waals surface area (Å²) >= 11 is 0. The van der Waals surface area contributed by atoms with E-state index in [1.54, 1.807) is 6.07 Å². The Labute approximate surface area is 99.6 Å². The third kappa shape index (κ3) is 1.88. The lowest BCUT2D eigenvalue weighted by Crippen LogP contribution is -2.16. The average Bonchev–Trinajstić information content (AvgIpc) is 3.14. The van der Waals surface area contributed by atoms with Crippen molar-refractivity contribution in [3.8, 4) is 11.3 Å². The first kappa shape index (κ1) is 10.3. The Morgan fingerprint density at radius 1 is 1.29 bits per heavy atom. The van der Waals surface area contributed by atoms with Crippen LogP contribution < -0.4 is 5.36 Å². The monoisotopic (exact) mass is 226 g/mol. The number of ketones is 1. The van der Waals surface area contributed by atoms with Gasteiger partial charge in [0.15, 0.2) is 5.78 Å². The molecule has 3 heteroatoms. The predicted molar refractivity (Wildman–Crippen MR) is 64.6 cm³/mol. The van der Waals surface area contributed by atoms with Crippen molar-refractivity contribution in [3.05, 3.63) is 41.9 Å². The first-order valence-electron chi connectivity index (χ1n) is 5.91. The van der Waals surface area contributed by atoms with Crippen LogP contribution in [0.5, 0.6) is 0 Å². The quantitative estimate of drug-likeness (QED) is 0.855. The fourth-order valence-electron chi connectivity index (χ4n) is 2.14. The molecule has 0 unspecified atom stereocenters. The molecule has 0 aromatic carbocycles. The molecule has 0 aromatic rings. The molecule has 0 atom stereocenters. The number of rotatable bonds is 3. The molecular weight excluding hydrogens is 212 g/mol. The smallest absolute Gasteiger partial charge is 0.155 e. The van der Waals surface area contributed by atoms with E-state index >= 15 is 0 Å². The van der Waals surface area contributed by atoms with Crippen molar-refractivity contribution < 1.29 is 4.79 Å². The lowest BCUT2D eigenvalue weighted by Gasteiger charge is -2.14. The normalized spacial score (nSPS) is 15.1. The van der Waals surface area contributed by atoms with Crippen molar-refractivity contribution in [2.24, 2.45) is 5.92 Å². The minimum absolute atomic E-state index is 0.289. The van der Waals surface area contributed by atoms with Crippen LogP contribution in [0.2, 0.25) is 0 Å². The van der Waals surface area contributed by atoms with Gasteiger partial charge in [0, 0.05) is 17.7 Å². The summed E-state index contributed by atoms with van der Waals surface area (Å²) in [6.07, 6.45) is 4.02. The zero-order valence-corrected chi connectivity index (χ0v) is 9.52. The van der Waals surface area contributed by atoms with Gasteiger partial charge in [0.05, 0.1) is 17.6 Å². The lowest BCUT2D eigenvalue weighted by molar-refractivity contribution is -0.120. The summed E-state index contributed by atoms with van der Waals surface area (Å²) in [4.78, 5) is 11.8. The van der Waals surface area contributed by atoms with Gasteiger partial charge < -0.3 is 9.98 Å². The molecule has 0 bridgehead atoms. The molecule has 1 aliphatic heterocycles. The van der Waals surface area contributed by atoms with Crippen LogP contribution in [0, 0.1) is 11.3 Å². The summed E-state index contributed by atoms with van der Waals surface area (Å²) in [6, 6.07) is 9.43. The van der Waals surface area contributed by atoms with Crippen LogP contribution in [0.3, 0.4) is 0 Å². The Balaban J connectivity index is 2.01. The largest absolute Gasteiger partial charge is 0.340 e. The second-order valence-corrected chi connectivity index (χ2v) is 4.62. The number of nitrogens with one attached hydrogen (secondary N) is 1. The number of hydrogen-bond acceptors (Lipinski definition) is 2. The average molecular weight is 226 g/mol. The SMILES string of the molecule is N=c1cccc2n(CC(=O)C3CC3)cccc1-2. The van der Waals surface area contributed by atoms with Gasteiger partial charge in [0.2, 0.25) is 0 Å². The van der Waals surface area contributed by atoms with Crippen molar-refractivity contribution in [1.82, 2.24) is 4.57 Å². The highest BCUT2D eigenvalue weighted by Crippen LogP contribution is 2.30. The molecular formula is C14H14N2O. The molecule has 1 saturated carbocycles. The molecule has 0 spiro atoms. The molecule has 0 aromatic heterocycles. The van der Waals surface area contributed by atoms with Crippen molar-refractivity contribution in [1.29, 1.82) is 5.41 Å². The Morgan fingerprint density at radius 3 is 2.88 bits per heavy atom. The lowest BCUT2D eigenvalue weighted by atomic mass is 10.1. The second-order valence-electron chi connectivity index (χ2n) is 4.62. The summed E-state index contributed by atoms with van der Waals surface area (Å²) in [5, 5.41) is 8.35. The van der Waals surface area contributed by atoms with E-state index in [9.17, 15) is 4.79 Å². The second kappa shape index (κ2) is 3.84. The van der Waals surface area contributed by atoms with Crippen LogP contribution in [-0.2, 0) is 11.3 Å². The molecule has 1 heterocycles. The van der Waals surface area contributed by atoms with Crippen molar-refractivity contribution in [3.63, 3.8) is 0 Å². The zero-order valence-electron chi connectivity index (χ0n) is 9.52. The van der Waals surface area contributed by atoms with E-state index in [1.807, 2.05) is 35.0 Å². The fraction of sp³-hybridized carbons (Fsp3) is 0.286. The highest BCUT2D eigenvalue weighted by molar-refractivity contribution is 5.83. The van der Waals surface area contributed by atoms with Gasteiger partial charge in [-0.05, 0) is 37.1 Å². The number of carbonyl (C=O) groups excluding carboxylic acids is 1. The van der Waals surface area contributed by atoms with Crippen LogP contribution >= 0.6 is 0 Å². The van der Waals surface area contributed by atoms with Crippen molar-refractivity contribution in [2.75, 3.05) is 0 Å². The van der Waals surface area contributed by atoms with E-state index in [-0.39, 0.29) is 5.92 Å². The number of hydrogen-bond donors (Lipinski definition) is 1. The van der Waals surface area contributed by atoms with Crippen LogP contribution in [0.15, 0.2) is 36.5 Å². The van der Waals surface area contributed by atoms with Crippen LogP contribution in [0.4, 0.5) is 0 Å². The summed E-state index contributed by atoms with van der Waals surface area (Å²) < 4.78 is 1.95. The molecule has 3 nitrogen and oxygen atoms in total. The summed E-state index contributed by atoms with van der Waals surface area (Å²) in [7, 11) is 0. The summed E-state index contributed by atoms with van der Waals surface area (Å²) in [6.45, 7) is 0.436. The number of pyridine rings is 1. The molecule has 0 amide bonds. The Morgan fingerprint density at radius 2 is 2.12 bits per heavy atom. The molecule has 3 aliphatic rings. The van der Waals surface area contributed by atoms with Crippen molar-refractivity contribution >= 4 is 5.78 Å². The van der Waals surface area contributed by atoms with E-state index in [2.05, 4.69) is 0 Å². The fourth-order valence-corrected chi connectivity index (χ4v) is 2.14. The summed E-state index contributed by atoms with van der Waals surface area (Å²) in [5.74, 6) is 0.606. The minimum atomic E-state index is 0.289. The van der Waals surface area contributed by atoms with Gasteiger partial charge in [-0.25, -0.2) is 0 Å². The van der Waals surface area contributed by atoms with E-state index in [1.165, 1.54) is 0 Å². The topological polar surface area (TPSA) is 45.9 Å². The molecule has 1 fully saturated rings. The maximum Gasteiger partial charge on any atom is 0.155 e. The molecule has 1 N–H and O–H groups in total. The number of Topliss-reactive ketones (excluding diaryl/α,β-unsaturated/α-hetero) is 1. The maximum absolute atomic E-state index is 11.8. The van der Waals surface area contributed by atoms with Gasteiger partial charge in [-0.15, -0.1) is 0 Å². The first-order chi connectivity index (χ1) is 8.25. The summed E-state index contributed by atoms with van der Waals surface area (Å²) in [5.41, 5.74) is 1.87. The molecule has 3 rings (SSSR count). The van der Waals surface area contributed by atoms with Gasteiger partial charge in [-0.2, -0.15) is 0 Å². The van der Waals surface area contributed by atoms with E-state index in [0.717, 1.165) is 24.1 Å². The van der Waals surface area contributed by atoms with Crippen LogP contribution in [0.1, 0.15) is 12.8 Å². The highest BCUT2D eigenvalue weighted by atomic mass is 16.1. The van der Waals surface area contributed by atoms with Crippen LogP contribution in [0.25, 0.3) is 11.3 Å². The van der Waals surface area contributed by atoms with Crippen LogP contribution in [-0.4, -0.2) is 10.4 Å². The van der Waals surface area contributed by atoms with E-state index in [0.29, 0.717) is 17.7 Å². The van der Waals surface area contributed by atoms with Gasteiger partial charge >= 0.3 is 0 Å². The third-order valence-corrected chi connectivity index (χ3v) is 3.28.